The molecular formula is C29H27N3OS. The molecule has 6 rings (SSSR count). The summed E-state index contributed by atoms with van der Waals surface area (Å²) in [4.78, 5) is 13.6. The highest BCUT2D eigenvalue weighted by Crippen LogP contribution is 2.53. The number of rotatable bonds is 4. The van der Waals surface area contributed by atoms with Gasteiger partial charge in [0.15, 0.2) is 0 Å². The maximum Gasteiger partial charge on any atom is 0.129 e. The first-order chi connectivity index (χ1) is 16.8. The molecule has 4 nitrogen and oxygen atoms in total. The quantitative estimate of drug-likeness (QED) is 0.380. The zero-order valence-electron chi connectivity index (χ0n) is 19.0. The van der Waals surface area contributed by atoms with Crippen molar-refractivity contribution in [2.45, 2.75) is 35.1 Å². The molecule has 4 heterocycles. The van der Waals surface area contributed by atoms with Crippen LogP contribution in [0.15, 0.2) is 95.1 Å². The Kier molecular flexibility index (Phi) is 5.81. The second kappa shape index (κ2) is 9.24. The lowest BCUT2D eigenvalue weighted by atomic mass is 9.75. The zero-order valence-corrected chi connectivity index (χ0v) is 19.8. The molecule has 1 atom stereocenters. The van der Waals surface area contributed by atoms with Crippen LogP contribution in [0.5, 0.6) is 5.75 Å². The molecule has 0 bridgehead atoms. The largest absolute Gasteiger partial charge is 0.507 e. The van der Waals surface area contributed by atoms with E-state index in [2.05, 4.69) is 57.3 Å². The fourth-order valence-electron chi connectivity index (χ4n) is 5.44. The summed E-state index contributed by atoms with van der Waals surface area (Å²) >= 11 is 1.70. The molecule has 34 heavy (non-hydrogen) atoms. The van der Waals surface area contributed by atoms with Gasteiger partial charge in [-0.15, -0.1) is 0 Å². The zero-order chi connectivity index (χ0) is 22.9. The Morgan fingerprint density at radius 2 is 1.79 bits per heavy atom. The third-order valence-corrected chi connectivity index (χ3v) is 8.35. The predicted molar refractivity (Wildman–Crippen MR) is 136 cm³/mol. The van der Waals surface area contributed by atoms with Crippen molar-refractivity contribution in [1.29, 1.82) is 0 Å². The number of likely N-dealkylation sites (tertiary alicyclic amines) is 1. The highest BCUT2D eigenvalue weighted by molar-refractivity contribution is 7.99. The number of piperidine rings is 1. The van der Waals surface area contributed by atoms with E-state index in [0.717, 1.165) is 48.6 Å². The molecule has 0 saturated carbocycles. The Hall–Kier alpha value is -3.15. The lowest BCUT2D eigenvalue weighted by Crippen LogP contribution is -2.36. The Labute approximate surface area is 204 Å². The van der Waals surface area contributed by atoms with E-state index in [4.69, 9.17) is 0 Å². The van der Waals surface area contributed by atoms with Gasteiger partial charge in [0.2, 0.25) is 0 Å². The standard InChI is InChI=1S/C29H27N3OS/c33-26-8-3-7-25-28(20-11-15-32(16-12-20)19-23-6-1-2-14-31-23)24-10-9-21(17-27(24)34-29(25)26)22-5-4-13-30-18-22/h1-10,13-14,17-18,20,28,33H,11-12,15-16,19H2. The topological polar surface area (TPSA) is 49.3 Å². The molecule has 5 heteroatoms. The lowest BCUT2D eigenvalue weighted by Gasteiger charge is -2.39. The molecule has 0 spiro atoms. The van der Waals surface area contributed by atoms with E-state index < -0.39 is 0 Å². The number of phenolic OH excluding ortho intramolecular Hbond substituents is 1. The Bertz CT molecular complexity index is 1290. The minimum Gasteiger partial charge on any atom is -0.507 e. The average molecular weight is 466 g/mol. The number of pyridine rings is 2. The molecule has 0 radical (unpaired) electrons. The molecule has 4 aromatic rings. The van der Waals surface area contributed by atoms with Crippen LogP contribution in [0.3, 0.4) is 0 Å². The van der Waals surface area contributed by atoms with Crippen LogP contribution in [0.25, 0.3) is 11.1 Å². The summed E-state index contributed by atoms with van der Waals surface area (Å²) in [5.41, 5.74) is 6.09. The van der Waals surface area contributed by atoms with Crippen LogP contribution in [0, 0.1) is 5.92 Å². The summed E-state index contributed by atoms with van der Waals surface area (Å²) in [6, 6.07) is 23.1. The fourth-order valence-corrected chi connectivity index (χ4v) is 6.65. The van der Waals surface area contributed by atoms with Crippen LogP contribution in [0.1, 0.15) is 35.6 Å². The van der Waals surface area contributed by atoms with Crippen molar-refractivity contribution in [1.82, 2.24) is 14.9 Å². The van der Waals surface area contributed by atoms with E-state index in [-0.39, 0.29) is 0 Å². The third kappa shape index (κ3) is 4.10. The minimum atomic E-state index is 0.304. The molecule has 1 unspecified atom stereocenters. The predicted octanol–water partition coefficient (Wildman–Crippen LogP) is 6.36. The van der Waals surface area contributed by atoms with Gasteiger partial charge in [-0.3, -0.25) is 14.9 Å². The Morgan fingerprint density at radius 3 is 2.59 bits per heavy atom. The van der Waals surface area contributed by atoms with Crippen LogP contribution >= 0.6 is 11.8 Å². The third-order valence-electron chi connectivity index (χ3n) is 7.13. The number of nitrogens with zero attached hydrogens (tertiary/aromatic N) is 3. The van der Waals surface area contributed by atoms with Gasteiger partial charge < -0.3 is 5.11 Å². The van der Waals surface area contributed by atoms with E-state index in [1.807, 2.05) is 36.7 Å². The number of aromatic hydroxyl groups is 1. The van der Waals surface area contributed by atoms with Crippen molar-refractivity contribution in [3.8, 4) is 16.9 Å². The van der Waals surface area contributed by atoms with Crippen molar-refractivity contribution < 1.29 is 5.11 Å². The maximum atomic E-state index is 10.7. The summed E-state index contributed by atoms with van der Waals surface area (Å²) < 4.78 is 0. The summed E-state index contributed by atoms with van der Waals surface area (Å²) in [5.74, 6) is 1.24. The minimum absolute atomic E-state index is 0.304. The van der Waals surface area contributed by atoms with Gasteiger partial charge in [-0.2, -0.15) is 0 Å². The van der Waals surface area contributed by atoms with Gasteiger partial charge in [0.25, 0.3) is 0 Å². The van der Waals surface area contributed by atoms with Crippen LogP contribution in [0.2, 0.25) is 0 Å². The normalized spacial score (nSPS) is 18.3. The smallest absolute Gasteiger partial charge is 0.129 e. The van der Waals surface area contributed by atoms with Crippen molar-refractivity contribution in [2.75, 3.05) is 13.1 Å². The van der Waals surface area contributed by atoms with E-state index in [9.17, 15) is 5.11 Å². The highest BCUT2D eigenvalue weighted by atomic mass is 32.2. The van der Waals surface area contributed by atoms with Crippen LogP contribution in [-0.2, 0) is 6.54 Å². The number of benzene rings is 2. The number of fused-ring (bicyclic) bond motifs is 2. The lowest BCUT2D eigenvalue weighted by molar-refractivity contribution is 0.165. The van der Waals surface area contributed by atoms with Gasteiger partial charge in [0.1, 0.15) is 5.75 Å². The molecule has 2 aliphatic rings. The molecule has 1 saturated heterocycles. The van der Waals surface area contributed by atoms with E-state index >= 15 is 0 Å². The van der Waals surface area contributed by atoms with Crippen molar-refractivity contribution in [3.63, 3.8) is 0 Å². The van der Waals surface area contributed by atoms with Gasteiger partial charge in [0, 0.05) is 41.5 Å². The Morgan fingerprint density at radius 1 is 0.882 bits per heavy atom. The average Bonchev–Trinajstić information content (AvgIpc) is 2.89. The molecule has 2 aliphatic heterocycles. The molecule has 0 aliphatic carbocycles. The summed E-state index contributed by atoms with van der Waals surface area (Å²) in [6.07, 6.45) is 7.88. The SMILES string of the molecule is Oc1cccc2c1Sc1cc(-c3cccnc3)ccc1C2C1CCN(Cc2ccccn2)CC1. The molecule has 1 N–H and O–H groups in total. The second-order valence-electron chi connectivity index (χ2n) is 9.20. The van der Waals surface area contributed by atoms with Gasteiger partial charge >= 0.3 is 0 Å². The number of aromatic nitrogens is 2. The van der Waals surface area contributed by atoms with Crippen LogP contribution in [0.4, 0.5) is 0 Å². The van der Waals surface area contributed by atoms with Crippen molar-refractivity contribution >= 4 is 11.8 Å². The number of hydrogen-bond donors (Lipinski definition) is 1. The van der Waals surface area contributed by atoms with Gasteiger partial charge in [-0.05, 0) is 78.9 Å². The number of hydrogen-bond acceptors (Lipinski definition) is 5. The first kappa shape index (κ1) is 21.4. The van der Waals surface area contributed by atoms with Gasteiger partial charge in [0.05, 0.1) is 10.6 Å². The molecular weight excluding hydrogens is 438 g/mol. The number of phenols is 1. The van der Waals surface area contributed by atoms with Crippen LogP contribution in [-0.4, -0.2) is 33.1 Å². The fraction of sp³-hybridized carbons (Fsp3) is 0.241. The van der Waals surface area contributed by atoms with Gasteiger partial charge in [-0.25, -0.2) is 0 Å². The molecule has 1 fully saturated rings. The van der Waals surface area contributed by atoms with E-state index in [1.54, 1.807) is 18.0 Å². The van der Waals surface area contributed by atoms with Crippen LogP contribution < -0.4 is 0 Å². The second-order valence-corrected chi connectivity index (χ2v) is 10.3. The maximum absolute atomic E-state index is 10.7. The van der Waals surface area contributed by atoms with Gasteiger partial charge in [-0.1, -0.05) is 48.2 Å². The monoisotopic (exact) mass is 465 g/mol. The highest BCUT2D eigenvalue weighted by Gasteiger charge is 2.35. The summed E-state index contributed by atoms with van der Waals surface area (Å²) in [7, 11) is 0. The first-order valence-corrected chi connectivity index (χ1v) is 12.7. The van der Waals surface area contributed by atoms with Crippen molar-refractivity contribution in [3.05, 3.63) is 102 Å². The van der Waals surface area contributed by atoms with E-state index in [0.29, 0.717) is 17.6 Å². The summed E-state index contributed by atoms with van der Waals surface area (Å²) in [5, 5.41) is 10.7. The summed E-state index contributed by atoms with van der Waals surface area (Å²) in [6.45, 7) is 3.06. The Balaban J connectivity index is 1.30. The van der Waals surface area contributed by atoms with E-state index in [1.165, 1.54) is 21.6 Å². The first-order valence-electron chi connectivity index (χ1n) is 11.9. The van der Waals surface area contributed by atoms with Crippen molar-refractivity contribution in [2.24, 2.45) is 5.92 Å². The molecule has 170 valence electrons. The molecule has 0 amide bonds. The molecule has 2 aromatic heterocycles. The molecule has 2 aromatic carbocycles.